The Labute approximate surface area is 130 Å². The van der Waals surface area contributed by atoms with Crippen molar-refractivity contribution in [2.75, 3.05) is 0 Å². The van der Waals surface area contributed by atoms with E-state index in [1.807, 2.05) is 0 Å². The number of rotatable bonds is 8. The SMILES string of the molecule is CCCCC1=CC[C]([Zr][C]2=CC(CCCC)=CC2)=C1. The summed E-state index contributed by atoms with van der Waals surface area (Å²) in [5, 5.41) is 0. The molecular weight excluding hydrogens is 307 g/mol. The van der Waals surface area contributed by atoms with E-state index >= 15 is 0 Å². The van der Waals surface area contributed by atoms with Crippen LogP contribution in [0.25, 0.3) is 0 Å². The normalized spacial score (nSPS) is 18.0. The Bertz CT molecular complexity index is 381. The molecule has 19 heavy (non-hydrogen) atoms. The fourth-order valence-electron chi connectivity index (χ4n) is 2.66. The van der Waals surface area contributed by atoms with Crippen LogP contribution in [0, 0.1) is 0 Å². The van der Waals surface area contributed by atoms with E-state index in [1.54, 1.807) is 17.7 Å². The van der Waals surface area contributed by atoms with E-state index in [2.05, 4.69) is 38.2 Å². The summed E-state index contributed by atoms with van der Waals surface area (Å²) in [6.07, 6.45) is 20.5. The first-order chi connectivity index (χ1) is 9.31. The van der Waals surface area contributed by atoms with Crippen LogP contribution in [-0.4, -0.2) is 0 Å². The van der Waals surface area contributed by atoms with Crippen molar-refractivity contribution in [2.24, 2.45) is 0 Å². The van der Waals surface area contributed by atoms with Crippen LogP contribution >= 0.6 is 0 Å². The van der Waals surface area contributed by atoms with Gasteiger partial charge in [0.1, 0.15) is 0 Å². The molecule has 0 saturated carbocycles. The van der Waals surface area contributed by atoms with Gasteiger partial charge in [0.15, 0.2) is 0 Å². The van der Waals surface area contributed by atoms with Crippen LogP contribution in [0.1, 0.15) is 65.2 Å². The Balaban J connectivity index is 1.78. The quantitative estimate of drug-likeness (QED) is 0.520. The van der Waals surface area contributed by atoms with E-state index in [-0.39, 0.29) is 0 Å². The summed E-state index contributed by atoms with van der Waals surface area (Å²) in [4.78, 5) is 0. The Kier molecular flexibility index (Phi) is 6.58. The number of allylic oxidation sites excluding steroid dienone is 8. The monoisotopic (exact) mass is 332 g/mol. The van der Waals surface area contributed by atoms with Gasteiger partial charge in [0.25, 0.3) is 0 Å². The first kappa shape index (κ1) is 15.2. The molecule has 0 fully saturated rings. The Hall–Kier alpha value is -0.157. The predicted octanol–water partition coefficient (Wildman–Crippen LogP) is 5.88. The van der Waals surface area contributed by atoms with Crippen LogP contribution in [0.4, 0.5) is 0 Å². The van der Waals surface area contributed by atoms with E-state index < -0.39 is 23.2 Å². The number of hydrogen-bond donors (Lipinski definition) is 0. The molecule has 2 rings (SSSR count). The molecule has 0 aromatic carbocycles. The molecular formula is C18H26Zr. The third-order valence-corrected chi connectivity index (χ3v) is 7.14. The maximum absolute atomic E-state index is 2.53. The minimum absolute atomic E-state index is 0.427. The Morgan fingerprint density at radius 1 is 0.842 bits per heavy atom. The molecule has 0 radical (unpaired) electrons. The molecule has 0 aromatic heterocycles. The van der Waals surface area contributed by atoms with Crippen molar-refractivity contribution in [1.29, 1.82) is 0 Å². The summed E-state index contributed by atoms with van der Waals surface area (Å²) in [5.74, 6) is 0. The molecule has 0 N–H and O–H groups in total. The molecule has 0 amide bonds. The fraction of sp³-hybridized carbons (Fsp3) is 0.556. The summed E-state index contributed by atoms with van der Waals surface area (Å²) in [7, 11) is 0. The third kappa shape index (κ3) is 5.03. The maximum atomic E-state index is 2.53. The van der Waals surface area contributed by atoms with Crippen LogP contribution in [-0.2, 0) is 23.2 Å². The third-order valence-electron chi connectivity index (χ3n) is 3.85. The Morgan fingerprint density at radius 3 is 1.74 bits per heavy atom. The van der Waals surface area contributed by atoms with Crippen molar-refractivity contribution in [3.63, 3.8) is 0 Å². The first-order valence-electron chi connectivity index (χ1n) is 7.88. The van der Waals surface area contributed by atoms with Gasteiger partial charge in [0.05, 0.1) is 0 Å². The molecule has 0 saturated heterocycles. The Morgan fingerprint density at radius 2 is 1.32 bits per heavy atom. The summed E-state index contributed by atoms with van der Waals surface area (Å²) >= 11 is -0.427. The molecule has 0 bridgehead atoms. The van der Waals surface area contributed by atoms with Crippen LogP contribution in [0.2, 0.25) is 0 Å². The average Bonchev–Trinajstić information content (AvgIpc) is 3.04. The van der Waals surface area contributed by atoms with Gasteiger partial charge in [-0.1, -0.05) is 0 Å². The van der Waals surface area contributed by atoms with Gasteiger partial charge in [-0.05, 0) is 0 Å². The summed E-state index contributed by atoms with van der Waals surface area (Å²) in [6, 6.07) is 0. The van der Waals surface area contributed by atoms with E-state index in [4.69, 9.17) is 0 Å². The summed E-state index contributed by atoms with van der Waals surface area (Å²) < 4.78 is 3.59. The first-order valence-corrected chi connectivity index (χ1v) is 10.3. The molecule has 2 aliphatic carbocycles. The van der Waals surface area contributed by atoms with E-state index in [0.29, 0.717) is 0 Å². The second kappa shape index (κ2) is 8.20. The summed E-state index contributed by atoms with van der Waals surface area (Å²) in [6.45, 7) is 4.56. The zero-order chi connectivity index (χ0) is 13.5. The van der Waals surface area contributed by atoms with Crippen molar-refractivity contribution >= 4 is 0 Å². The fourth-order valence-corrected chi connectivity index (χ4v) is 5.94. The van der Waals surface area contributed by atoms with Gasteiger partial charge in [-0.3, -0.25) is 0 Å². The van der Waals surface area contributed by atoms with Gasteiger partial charge in [-0.15, -0.1) is 0 Å². The van der Waals surface area contributed by atoms with E-state index in [9.17, 15) is 0 Å². The van der Waals surface area contributed by atoms with Gasteiger partial charge < -0.3 is 0 Å². The average molecular weight is 334 g/mol. The van der Waals surface area contributed by atoms with Gasteiger partial charge in [-0.2, -0.15) is 0 Å². The van der Waals surface area contributed by atoms with Gasteiger partial charge in [0.2, 0.25) is 0 Å². The molecule has 0 aromatic rings. The topological polar surface area (TPSA) is 0 Å². The standard InChI is InChI=1S/2C9H13.Zr/c2*1-2-3-6-9-7-4-5-8-9;/h2*7-8H,2-4,6H2,1H3;. The minimum atomic E-state index is -0.427. The summed E-state index contributed by atoms with van der Waals surface area (Å²) in [5.41, 5.74) is 3.24. The molecule has 0 spiro atoms. The van der Waals surface area contributed by atoms with Crippen molar-refractivity contribution in [2.45, 2.75) is 65.2 Å². The van der Waals surface area contributed by atoms with Gasteiger partial charge in [0, 0.05) is 0 Å². The van der Waals surface area contributed by atoms with Crippen molar-refractivity contribution < 1.29 is 23.2 Å². The van der Waals surface area contributed by atoms with Crippen molar-refractivity contribution in [3.05, 3.63) is 42.0 Å². The predicted molar refractivity (Wildman–Crippen MR) is 80.6 cm³/mol. The second-order valence-electron chi connectivity index (χ2n) is 5.64. The molecule has 1 heteroatoms. The van der Waals surface area contributed by atoms with Crippen LogP contribution in [0.3, 0.4) is 0 Å². The van der Waals surface area contributed by atoms with Gasteiger partial charge in [-0.25, -0.2) is 0 Å². The molecule has 0 aliphatic heterocycles. The molecule has 0 unspecified atom stereocenters. The number of hydrogen-bond acceptors (Lipinski definition) is 0. The zero-order valence-corrected chi connectivity index (χ0v) is 14.9. The molecule has 2 aliphatic rings. The van der Waals surface area contributed by atoms with Crippen LogP contribution in [0.5, 0.6) is 0 Å². The molecule has 0 nitrogen and oxygen atoms in total. The van der Waals surface area contributed by atoms with Crippen molar-refractivity contribution in [3.8, 4) is 0 Å². The zero-order valence-electron chi connectivity index (χ0n) is 12.5. The molecule has 0 heterocycles. The van der Waals surface area contributed by atoms with Crippen molar-refractivity contribution in [1.82, 2.24) is 0 Å². The van der Waals surface area contributed by atoms with E-state index in [1.165, 1.54) is 51.4 Å². The number of unbranched alkanes of at least 4 members (excludes halogenated alkanes) is 2. The molecule has 0 atom stereocenters. The van der Waals surface area contributed by atoms with E-state index in [0.717, 1.165) is 0 Å². The molecule has 102 valence electrons. The van der Waals surface area contributed by atoms with Crippen LogP contribution < -0.4 is 0 Å². The van der Waals surface area contributed by atoms with Crippen LogP contribution in [0.15, 0.2) is 42.0 Å². The second-order valence-corrected chi connectivity index (χ2v) is 9.41. The van der Waals surface area contributed by atoms with Gasteiger partial charge >= 0.3 is 130 Å².